The van der Waals surface area contributed by atoms with Gasteiger partial charge in [-0.15, -0.1) is 0 Å². The van der Waals surface area contributed by atoms with E-state index in [2.05, 4.69) is 25.9 Å². The van der Waals surface area contributed by atoms with Crippen LogP contribution in [0.25, 0.3) is 0 Å². The lowest BCUT2D eigenvalue weighted by atomic mass is 10.0. The van der Waals surface area contributed by atoms with Crippen LogP contribution in [-0.2, 0) is 32.0 Å². The van der Waals surface area contributed by atoms with E-state index in [1.165, 1.54) is 24.3 Å². The first kappa shape index (κ1) is 29.8. The van der Waals surface area contributed by atoms with Gasteiger partial charge >= 0.3 is 5.97 Å². The highest BCUT2D eigenvalue weighted by Gasteiger charge is 2.32. The van der Waals surface area contributed by atoms with Crippen molar-refractivity contribution in [3.8, 4) is 0 Å². The van der Waals surface area contributed by atoms with Crippen LogP contribution in [0.2, 0.25) is 0 Å². The molecule has 0 radical (unpaired) electrons. The summed E-state index contributed by atoms with van der Waals surface area (Å²) in [5.74, 6) is -2.64. The summed E-state index contributed by atoms with van der Waals surface area (Å²) in [6.45, 7) is 3.53. The van der Waals surface area contributed by atoms with Gasteiger partial charge in [0.15, 0.2) is 0 Å². The number of carbonyl (C=O) groups is 4. The highest BCUT2D eigenvalue weighted by molar-refractivity contribution is 7.98. The molecule has 4 atom stereocenters. The molecule has 7 N–H and O–H groups in total. The smallest absolute Gasteiger partial charge is 0.326 e. The Labute approximate surface area is 220 Å². The number of hydrogen-bond donors (Lipinski definition) is 6. The van der Waals surface area contributed by atoms with Crippen molar-refractivity contribution in [3.63, 3.8) is 0 Å². The third-order valence-electron chi connectivity index (χ3n) is 5.72. The van der Waals surface area contributed by atoms with Gasteiger partial charge in [0.2, 0.25) is 17.7 Å². The summed E-state index contributed by atoms with van der Waals surface area (Å²) >= 11 is 1.46. The number of aromatic amines is 1. The predicted molar refractivity (Wildman–Crippen MR) is 142 cm³/mol. The van der Waals surface area contributed by atoms with Gasteiger partial charge in [-0.2, -0.15) is 11.8 Å². The van der Waals surface area contributed by atoms with Crippen molar-refractivity contribution >= 4 is 35.5 Å². The molecule has 11 nitrogen and oxygen atoms in total. The number of imidazole rings is 1. The number of hydrogen-bond acceptors (Lipinski definition) is 7. The second kappa shape index (κ2) is 15.0. The van der Waals surface area contributed by atoms with E-state index in [0.717, 1.165) is 5.56 Å². The highest BCUT2D eigenvalue weighted by atomic mass is 32.2. The Kier molecular flexibility index (Phi) is 12.1. The zero-order valence-electron chi connectivity index (χ0n) is 21.3. The first-order chi connectivity index (χ1) is 17.6. The van der Waals surface area contributed by atoms with Crippen LogP contribution in [-0.4, -0.2) is 74.9 Å². The molecule has 4 unspecified atom stereocenters. The Balaban J connectivity index is 2.12. The number of rotatable bonds is 15. The first-order valence-electron chi connectivity index (χ1n) is 12.0. The molecule has 1 aromatic carbocycles. The van der Waals surface area contributed by atoms with Crippen LogP contribution in [0, 0.1) is 5.92 Å². The predicted octanol–water partition coefficient (Wildman–Crippen LogP) is 0.470. The Morgan fingerprint density at radius 3 is 2.24 bits per heavy atom. The van der Waals surface area contributed by atoms with E-state index in [1.54, 1.807) is 13.8 Å². The molecule has 12 heteroatoms. The lowest BCUT2D eigenvalue weighted by molar-refractivity contribution is -0.142. The van der Waals surface area contributed by atoms with Gasteiger partial charge in [-0.25, -0.2) is 9.78 Å². The number of nitrogens with one attached hydrogen (secondary N) is 4. The summed E-state index contributed by atoms with van der Waals surface area (Å²) in [6.07, 6.45) is 5.38. The molecule has 0 spiro atoms. The van der Waals surface area contributed by atoms with Crippen molar-refractivity contribution in [2.75, 3.05) is 12.0 Å². The maximum absolute atomic E-state index is 13.2. The van der Waals surface area contributed by atoms with Crippen molar-refractivity contribution in [1.82, 2.24) is 25.9 Å². The van der Waals surface area contributed by atoms with Crippen LogP contribution >= 0.6 is 11.8 Å². The number of amides is 3. The van der Waals surface area contributed by atoms with Crippen molar-refractivity contribution in [2.24, 2.45) is 11.7 Å². The molecule has 0 fully saturated rings. The van der Waals surface area contributed by atoms with E-state index in [0.29, 0.717) is 17.9 Å². The molecule has 2 rings (SSSR count). The fourth-order valence-corrected chi connectivity index (χ4v) is 4.08. The molecule has 37 heavy (non-hydrogen) atoms. The Hall–Kier alpha value is -3.38. The maximum atomic E-state index is 13.2. The minimum atomic E-state index is -1.16. The number of benzene rings is 1. The molecule has 202 valence electrons. The SMILES string of the molecule is CSCCC(NC(=O)C(Cc1cnc[nH]1)NC(=O)C(NC(=O)C(N)Cc1ccccc1)C(C)C)C(=O)O. The number of nitrogens with two attached hydrogens (primary N) is 1. The fraction of sp³-hybridized carbons (Fsp3) is 0.480. The molecular weight excluding hydrogens is 496 g/mol. The van der Waals surface area contributed by atoms with Crippen molar-refractivity contribution in [3.05, 3.63) is 54.1 Å². The zero-order valence-corrected chi connectivity index (χ0v) is 22.1. The minimum Gasteiger partial charge on any atom is -0.480 e. The lowest BCUT2D eigenvalue weighted by Gasteiger charge is -2.27. The molecule has 0 aliphatic heterocycles. The van der Waals surface area contributed by atoms with Gasteiger partial charge in [0, 0.05) is 18.3 Å². The normalized spacial score (nSPS) is 14.3. The number of aliphatic carboxylic acids is 1. The Bertz CT molecular complexity index is 1020. The van der Waals surface area contributed by atoms with E-state index in [4.69, 9.17) is 5.73 Å². The average molecular weight is 533 g/mol. The Morgan fingerprint density at radius 2 is 1.68 bits per heavy atom. The molecule has 0 aliphatic rings. The zero-order chi connectivity index (χ0) is 27.4. The molecule has 2 aromatic rings. The van der Waals surface area contributed by atoms with Gasteiger partial charge in [0.05, 0.1) is 12.4 Å². The summed E-state index contributed by atoms with van der Waals surface area (Å²) in [5.41, 5.74) is 7.55. The molecule has 0 bridgehead atoms. The monoisotopic (exact) mass is 532 g/mol. The standard InChI is InChI=1S/C25H36N6O5S/c1-15(2)21(31-22(32)18(26)11-16-7-5-4-6-8-16)24(34)30-20(12-17-13-27-14-28-17)23(33)29-19(25(35)36)9-10-37-3/h4-8,13-15,18-21H,9-12,26H2,1-3H3,(H,27,28)(H,29,33)(H,30,34)(H,31,32)(H,35,36). The summed E-state index contributed by atoms with van der Waals surface area (Å²) in [5, 5.41) is 17.4. The quantitative estimate of drug-likeness (QED) is 0.191. The average Bonchev–Trinajstić information content (AvgIpc) is 3.37. The van der Waals surface area contributed by atoms with E-state index >= 15 is 0 Å². The van der Waals surface area contributed by atoms with E-state index in [1.807, 2.05) is 36.6 Å². The summed E-state index contributed by atoms with van der Waals surface area (Å²) in [4.78, 5) is 57.5. The number of carboxylic acid groups (broad SMARTS) is 1. The highest BCUT2D eigenvalue weighted by Crippen LogP contribution is 2.08. The van der Waals surface area contributed by atoms with E-state index < -0.39 is 47.9 Å². The van der Waals surface area contributed by atoms with Gasteiger partial charge in [-0.1, -0.05) is 44.2 Å². The molecule has 1 heterocycles. The number of H-pyrrole nitrogens is 1. The molecular formula is C25H36N6O5S. The maximum Gasteiger partial charge on any atom is 0.326 e. The van der Waals surface area contributed by atoms with E-state index in [9.17, 15) is 24.3 Å². The van der Waals surface area contributed by atoms with Crippen LogP contribution in [0.15, 0.2) is 42.9 Å². The summed E-state index contributed by atoms with van der Waals surface area (Å²) in [6, 6.07) is 5.27. The molecule has 0 saturated heterocycles. The molecule has 0 saturated carbocycles. The number of thioether (sulfide) groups is 1. The largest absolute Gasteiger partial charge is 0.480 e. The lowest BCUT2D eigenvalue weighted by Crippen LogP contribution is -2.59. The Morgan fingerprint density at radius 1 is 1.00 bits per heavy atom. The molecule has 0 aliphatic carbocycles. The summed E-state index contributed by atoms with van der Waals surface area (Å²) < 4.78 is 0. The third-order valence-corrected chi connectivity index (χ3v) is 6.36. The molecule has 3 amide bonds. The third kappa shape index (κ3) is 9.89. The van der Waals surface area contributed by atoms with Crippen LogP contribution in [0.5, 0.6) is 0 Å². The van der Waals surface area contributed by atoms with E-state index in [-0.39, 0.29) is 18.8 Å². The van der Waals surface area contributed by atoms with Crippen LogP contribution < -0.4 is 21.7 Å². The second-order valence-corrected chi connectivity index (χ2v) is 10.0. The van der Waals surface area contributed by atoms with Gasteiger partial charge in [0.1, 0.15) is 18.1 Å². The van der Waals surface area contributed by atoms with Crippen molar-refractivity contribution in [1.29, 1.82) is 0 Å². The number of aromatic nitrogens is 2. The van der Waals surface area contributed by atoms with Crippen LogP contribution in [0.1, 0.15) is 31.5 Å². The second-order valence-electron chi connectivity index (χ2n) is 9.05. The van der Waals surface area contributed by atoms with Crippen molar-refractivity contribution < 1.29 is 24.3 Å². The van der Waals surface area contributed by atoms with Gasteiger partial charge in [-0.05, 0) is 36.3 Å². The summed E-state index contributed by atoms with van der Waals surface area (Å²) in [7, 11) is 0. The topological polar surface area (TPSA) is 179 Å². The number of carbonyl (C=O) groups excluding carboxylic acids is 3. The molecule has 1 aromatic heterocycles. The van der Waals surface area contributed by atoms with Gasteiger partial charge < -0.3 is 31.8 Å². The van der Waals surface area contributed by atoms with Crippen LogP contribution in [0.4, 0.5) is 0 Å². The van der Waals surface area contributed by atoms with Crippen molar-refractivity contribution in [2.45, 2.75) is 57.3 Å². The minimum absolute atomic E-state index is 0.0543. The van der Waals surface area contributed by atoms with Gasteiger partial charge in [-0.3, -0.25) is 14.4 Å². The van der Waals surface area contributed by atoms with Gasteiger partial charge in [0.25, 0.3) is 0 Å². The number of nitrogens with zero attached hydrogens (tertiary/aromatic N) is 1. The fourth-order valence-electron chi connectivity index (χ4n) is 3.61. The first-order valence-corrected chi connectivity index (χ1v) is 13.4. The van der Waals surface area contributed by atoms with Crippen LogP contribution in [0.3, 0.4) is 0 Å². The number of carboxylic acids is 1.